The minimum absolute atomic E-state index is 0.261. The zero-order chi connectivity index (χ0) is 10.8. The van der Waals surface area contributed by atoms with Crippen molar-refractivity contribution in [3.8, 4) is 0 Å². The summed E-state index contributed by atoms with van der Waals surface area (Å²) < 4.78 is 15.2. The summed E-state index contributed by atoms with van der Waals surface area (Å²) >= 11 is 0. The van der Waals surface area contributed by atoms with Gasteiger partial charge in [-0.2, -0.15) is 0 Å². The Hall–Kier alpha value is -1.39. The van der Waals surface area contributed by atoms with Gasteiger partial charge in [0.25, 0.3) is 0 Å². The van der Waals surface area contributed by atoms with E-state index in [-0.39, 0.29) is 5.97 Å². The van der Waals surface area contributed by atoms with Crippen LogP contribution in [0.25, 0.3) is 0 Å². The van der Waals surface area contributed by atoms with Crippen LogP contribution in [0.3, 0.4) is 0 Å². The Labute approximate surface area is 87.8 Å². The Morgan fingerprint density at radius 3 is 2.73 bits per heavy atom. The van der Waals surface area contributed by atoms with E-state index in [9.17, 15) is 4.79 Å². The minimum atomic E-state index is -0.397. The Morgan fingerprint density at radius 2 is 2.07 bits per heavy atom. The Bertz CT molecular complexity index is 382. The summed E-state index contributed by atoms with van der Waals surface area (Å²) in [4.78, 5) is 11.2. The standard InChI is InChI=1S/C11H12O4/c1-13-11(14-2)7-3-4-9-8(5-7)6-15-10(9)12/h3-5,11H,6H2,1-2H3. The molecule has 0 amide bonds. The molecule has 0 unspecified atom stereocenters. The van der Waals surface area contributed by atoms with E-state index in [2.05, 4.69) is 0 Å². The number of methoxy groups -OCH3 is 2. The second-order valence-electron chi connectivity index (χ2n) is 3.30. The first-order valence-corrected chi connectivity index (χ1v) is 4.62. The highest BCUT2D eigenvalue weighted by atomic mass is 16.7. The van der Waals surface area contributed by atoms with Gasteiger partial charge in [0, 0.05) is 25.3 Å². The number of ether oxygens (including phenoxy) is 3. The number of fused-ring (bicyclic) bond motifs is 1. The highest BCUT2D eigenvalue weighted by Crippen LogP contribution is 2.25. The van der Waals surface area contributed by atoms with Gasteiger partial charge in [-0.3, -0.25) is 0 Å². The molecule has 0 atom stereocenters. The fourth-order valence-corrected chi connectivity index (χ4v) is 1.67. The number of carbonyl (C=O) groups is 1. The lowest BCUT2D eigenvalue weighted by Gasteiger charge is -2.13. The van der Waals surface area contributed by atoms with E-state index >= 15 is 0 Å². The summed E-state index contributed by atoms with van der Waals surface area (Å²) in [6, 6.07) is 5.42. The molecule has 1 aromatic rings. The lowest BCUT2D eigenvalue weighted by molar-refractivity contribution is -0.106. The molecule has 1 heterocycles. The molecule has 15 heavy (non-hydrogen) atoms. The van der Waals surface area contributed by atoms with Gasteiger partial charge in [0.1, 0.15) is 6.61 Å². The maximum absolute atomic E-state index is 11.2. The van der Waals surface area contributed by atoms with Crippen LogP contribution in [0.4, 0.5) is 0 Å². The lowest BCUT2D eigenvalue weighted by Crippen LogP contribution is -2.04. The van der Waals surface area contributed by atoms with Crippen LogP contribution in [0.15, 0.2) is 18.2 Å². The van der Waals surface area contributed by atoms with E-state index in [0.717, 1.165) is 11.1 Å². The van der Waals surface area contributed by atoms with Crippen molar-refractivity contribution in [3.63, 3.8) is 0 Å². The van der Waals surface area contributed by atoms with E-state index < -0.39 is 6.29 Å². The van der Waals surface area contributed by atoms with E-state index in [1.165, 1.54) is 0 Å². The van der Waals surface area contributed by atoms with Crippen molar-refractivity contribution in [2.75, 3.05) is 14.2 Å². The summed E-state index contributed by atoms with van der Waals surface area (Å²) in [5.41, 5.74) is 2.40. The first-order valence-electron chi connectivity index (χ1n) is 4.62. The molecule has 1 aliphatic heterocycles. The van der Waals surface area contributed by atoms with Crippen LogP contribution in [0.2, 0.25) is 0 Å². The zero-order valence-corrected chi connectivity index (χ0v) is 8.65. The molecular weight excluding hydrogens is 196 g/mol. The second-order valence-corrected chi connectivity index (χ2v) is 3.30. The van der Waals surface area contributed by atoms with E-state index in [4.69, 9.17) is 14.2 Å². The molecule has 80 valence electrons. The number of cyclic esters (lactones) is 1. The topological polar surface area (TPSA) is 44.8 Å². The maximum atomic E-state index is 11.2. The molecule has 0 radical (unpaired) electrons. The minimum Gasteiger partial charge on any atom is -0.457 e. The molecule has 1 aromatic carbocycles. The third-order valence-corrected chi connectivity index (χ3v) is 2.41. The number of esters is 1. The molecule has 0 bridgehead atoms. The predicted molar refractivity (Wildman–Crippen MR) is 52.3 cm³/mol. The third kappa shape index (κ3) is 1.73. The van der Waals surface area contributed by atoms with Gasteiger partial charge in [0.05, 0.1) is 5.56 Å². The van der Waals surface area contributed by atoms with Gasteiger partial charge >= 0.3 is 5.97 Å². The Balaban J connectivity index is 2.34. The van der Waals surface area contributed by atoms with Gasteiger partial charge in [-0.15, -0.1) is 0 Å². The van der Waals surface area contributed by atoms with Crippen molar-refractivity contribution in [3.05, 3.63) is 34.9 Å². The predicted octanol–water partition coefficient (Wildman–Crippen LogP) is 1.65. The fraction of sp³-hybridized carbons (Fsp3) is 0.364. The molecule has 0 saturated carbocycles. The second kappa shape index (κ2) is 4.00. The van der Waals surface area contributed by atoms with Crippen molar-refractivity contribution in [1.29, 1.82) is 0 Å². The lowest BCUT2D eigenvalue weighted by atomic mass is 10.1. The molecule has 4 nitrogen and oxygen atoms in total. The van der Waals surface area contributed by atoms with Gasteiger partial charge in [-0.05, 0) is 12.1 Å². The average molecular weight is 208 g/mol. The van der Waals surface area contributed by atoms with Crippen LogP contribution in [-0.2, 0) is 20.8 Å². The van der Waals surface area contributed by atoms with Crippen LogP contribution < -0.4 is 0 Å². The van der Waals surface area contributed by atoms with Crippen LogP contribution in [0, 0.1) is 0 Å². The number of hydrogen-bond donors (Lipinski definition) is 0. The van der Waals surface area contributed by atoms with Crippen molar-refractivity contribution < 1.29 is 19.0 Å². The monoisotopic (exact) mass is 208 g/mol. The van der Waals surface area contributed by atoms with E-state index in [0.29, 0.717) is 12.2 Å². The first kappa shape index (κ1) is 10.1. The van der Waals surface area contributed by atoms with Crippen molar-refractivity contribution >= 4 is 5.97 Å². The molecule has 0 N–H and O–H groups in total. The summed E-state index contributed by atoms with van der Waals surface area (Å²) in [6.07, 6.45) is -0.397. The average Bonchev–Trinajstić information content (AvgIpc) is 2.62. The number of hydrogen-bond acceptors (Lipinski definition) is 4. The van der Waals surface area contributed by atoms with Crippen LogP contribution in [0.5, 0.6) is 0 Å². The summed E-state index contributed by atoms with van der Waals surface area (Å²) in [5, 5.41) is 0. The summed E-state index contributed by atoms with van der Waals surface area (Å²) in [5.74, 6) is -0.261. The molecule has 4 heteroatoms. The SMILES string of the molecule is COC(OC)c1ccc2c(c1)COC2=O. The summed E-state index contributed by atoms with van der Waals surface area (Å²) in [7, 11) is 3.14. The first-order chi connectivity index (χ1) is 7.26. The molecular formula is C11H12O4. The normalized spacial score (nSPS) is 14.2. The number of rotatable bonds is 3. The zero-order valence-electron chi connectivity index (χ0n) is 8.65. The molecule has 0 aromatic heterocycles. The highest BCUT2D eigenvalue weighted by Gasteiger charge is 2.22. The maximum Gasteiger partial charge on any atom is 0.338 e. The van der Waals surface area contributed by atoms with E-state index in [1.807, 2.05) is 12.1 Å². The Morgan fingerprint density at radius 1 is 1.33 bits per heavy atom. The van der Waals surface area contributed by atoms with Gasteiger partial charge in [0.15, 0.2) is 6.29 Å². The van der Waals surface area contributed by atoms with Gasteiger partial charge in [-0.1, -0.05) is 6.07 Å². The molecule has 0 aliphatic carbocycles. The van der Waals surface area contributed by atoms with Gasteiger partial charge < -0.3 is 14.2 Å². The highest BCUT2D eigenvalue weighted by molar-refractivity contribution is 5.93. The van der Waals surface area contributed by atoms with Crippen LogP contribution >= 0.6 is 0 Å². The van der Waals surface area contributed by atoms with Crippen molar-refractivity contribution in [1.82, 2.24) is 0 Å². The molecule has 1 aliphatic rings. The fourth-order valence-electron chi connectivity index (χ4n) is 1.67. The smallest absolute Gasteiger partial charge is 0.338 e. The number of benzene rings is 1. The van der Waals surface area contributed by atoms with Crippen LogP contribution in [-0.4, -0.2) is 20.2 Å². The molecule has 0 spiro atoms. The van der Waals surface area contributed by atoms with Gasteiger partial charge in [-0.25, -0.2) is 4.79 Å². The molecule has 0 fully saturated rings. The van der Waals surface area contributed by atoms with E-state index in [1.54, 1.807) is 20.3 Å². The molecule has 2 rings (SSSR count). The van der Waals surface area contributed by atoms with Crippen molar-refractivity contribution in [2.45, 2.75) is 12.9 Å². The Kier molecular flexibility index (Phi) is 2.70. The largest absolute Gasteiger partial charge is 0.457 e. The van der Waals surface area contributed by atoms with Crippen LogP contribution in [0.1, 0.15) is 27.8 Å². The quantitative estimate of drug-likeness (QED) is 0.559. The molecule has 0 saturated heterocycles. The van der Waals surface area contributed by atoms with Crippen molar-refractivity contribution in [2.24, 2.45) is 0 Å². The number of carbonyl (C=O) groups excluding carboxylic acids is 1. The third-order valence-electron chi connectivity index (χ3n) is 2.41. The van der Waals surface area contributed by atoms with Gasteiger partial charge in [0.2, 0.25) is 0 Å². The summed E-state index contributed by atoms with van der Waals surface area (Å²) in [6.45, 7) is 0.335.